The molecule has 1 aromatic carbocycles. The standard InChI is InChI=1S/C14H23BrO2Si/c1-14(2,3)18(5,6)17-13-8-7-12(16-4)9-11(13)10-15/h7-9H,10H2,1-6H3. The van der Waals surface area contributed by atoms with Gasteiger partial charge >= 0.3 is 0 Å². The van der Waals surface area contributed by atoms with Crippen molar-refractivity contribution in [2.75, 3.05) is 7.11 Å². The van der Waals surface area contributed by atoms with Crippen molar-refractivity contribution in [3.8, 4) is 11.5 Å². The molecule has 0 radical (unpaired) electrons. The highest BCUT2D eigenvalue weighted by Gasteiger charge is 2.39. The van der Waals surface area contributed by atoms with E-state index in [2.05, 4.69) is 49.8 Å². The summed E-state index contributed by atoms with van der Waals surface area (Å²) < 4.78 is 11.6. The Kier molecular flexibility index (Phi) is 4.89. The van der Waals surface area contributed by atoms with Gasteiger partial charge in [0.2, 0.25) is 8.32 Å². The summed E-state index contributed by atoms with van der Waals surface area (Å²) >= 11 is 3.51. The molecule has 0 amide bonds. The van der Waals surface area contributed by atoms with Gasteiger partial charge in [-0.15, -0.1) is 0 Å². The van der Waals surface area contributed by atoms with Crippen LogP contribution in [0.25, 0.3) is 0 Å². The van der Waals surface area contributed by atoms with E-state index in [0.29, 0.717) is 0 Å². The van der Waals surface area contributed by atoms with E-state index in [4.69, 9.17) is 9.16 Å². The third kappa shape index (κ3) is 3.51. The Balaban J connectivity index is 3.04. The molecule has 0 saturated heterocycles. The van der Waals surface area contributed by atoms with Gasteiger partial charge in [-0.3, -0.25) is 0 Å². The lowest BCUT2D eigenvalue weighted by atomic mass is 10.2. The number of rotatable bonds is 4. The number of hydrogen-bond donors (Lipinski definition) is 0. The number of hydrogen-bond acceptors (Lipinski definition) is 2. The van der Waals surface area contributed by atoms with Gasteiger partial charge in [0, 0.05) is 10.9 Å². The second-order valence-electron chi connectivity index (χ2n) is 5.97. The summed E-state index contributed by atoms with van der Waals surface area (Å²) in [5.74, 6) is 1.84. The maximum atomic E-state index is 6.34. The Morgan fingerprint density at radius 1 is 1.22 bits per heavy atom. The van der Waals surface area contributed by atoms with Crippen molar-refractivity contribution in [1.29, 1.82) is 0 Å². The molecule has 0 heterocycles. The van der Waals surface area contributed by atoms with Crippen molar-refractivity contribution in [3.05, 3.63) is 23.8 Å². The molecule has 0 fully saturated rings. The van der Waals surface area contributed by atoms with E-state index in [1.54, 1.807) is 7.11 Å². The predicted molar refractivity (Wildman–Crippen MR) is 83.5 cm³/mol. The highest BCUT2D eigenvalue weighted by molar-refractivity contribution is 9.08. The van der Waals surface area contributed by atoms with Crippen LogP contribution in [0.3, 0.4) is 0 Å². The zero-order valence-electron chi connectivity index (χ0n) is 12.1. The normalized spacial score (nSPS) is 12.4. The highest BCUT2D eigenvalue weighted by Crippen LogP contribution is 2.39. The van der Waals surface area contributed by atoms with Crippen molar-refractivity contribution in [2.45, 2.75) is 44.2 Å². The van der Waals surface area contributed by atoms with Crippen LogP contribution in [0.2, 0.25) is 18.1 Å². The van der Waals surface area contributed by atoms with Gasteiger partial charge in [-0.1, -0.05) is 36.7 Å². The first-order chi connectivity index (χ1) is 8.21. The second-order valence-corrected chi connectivity index (χ2v) is 11.3. The Labute approximate surface area is 120 Å². The molecule has 0 atom stereocenters. The zero-order chi connectivity index (χ0) is 14.0. The quantitative estimate of drug-likeness (QED) is 0.572. The van der Waals surface area contributed by atoms with Crippen molar-refractivity contribution in [2.24, 2.45) is 0 Å². The lowest BCUT2D eigenvalue weighted by Gasteiger charge is -2.37. The Bertz CT molecular complexity index is 411. The molecule has 0 aromatic heterocycles. The Morgan fingerprint density at radius 2 is 1.83 bits per heavy atom. The fraction of sp³-hybridized carbons (Fsp3) is 0.571. The van der Waals surface area contributed by atoms with E-state index in [0.717, 1.165) is 22.4 Å². The molecule has 1 rings (SSSR count). The van der Waals surface area contributed by atoms with Gasteiger partial charge in [0.15, 0.2) is 0 Å². The number of methoxy groups -OCH3 is 1. The molecule has 4 heteroatoms. The first kappa shape index (κ1) is 15.6. The van der Waals surface area contributed by atoms with Crippen molar-refractivity contribution in [3.63, 3.8) is 0 Å². The minimum Gasteiger partial charge on any atom is -0.543 e. The minimum atomic E-state index is -1.78. The van der Waals surface area contributed by atoms with Crippen LogP contribution in [-0.4, -0.2) is 15.4 Å². The van der Waals surface area contributed by atoms with Crippen LogP contribution in [0.1, 0.15) is 26.3 Å². The summed E-state index contributed by atoms with van der Waals surface area (Å²) in [4.78, 5) is 0. The molecule has 0 aliphatic rings. The fourth-order valence-corrected chi connectivity index (χ4v) is 2.81. The van der Waals surface area contributed by atoms with Crippen LogP contribution in [0.5, 0.6) is 11.5 Å². The zero-order valence-corrected chi connectivity index (χ0v) is 14.7. The maximum absolute atomic E-state index is 6.34. The van der Waals surface area contributed by atoms with Crippen LogP contribution in [0.4, 0.5) is 0 Å². The molecule has 1 aromatic rings. The average molecular weight is 331 g/mol. The molecule has 102 valence electrons. The van der Waals surface area contributed by atoms with Gasteiger partial charge in [-0.05, 0) is 36.3 Å². The van der Waals surface area contributed by atoms with Crippen molar-refractivity contribution in [1.82, 2.24) is 0 Å². The summed E-state index contributed by atoms with van der Waals surface area (Å²) in [5.41, 5.74) is 1.14. The minimum absolute atomic E-state index is 0.205. The number of ether oxygens (including phenoxy) is 1. The lowest BCUT2D eigenvalue weighted by molar-refractivity contribution is 0.412. The van der Waals surface area contributed by atoms with Crippen LogP contribution < -0.4 is 9.16 Å². The first-order valence-electron chi connectivity index (χ1n) is 6.13. The maximum Gasteiger partial charge on any atom is 0.250 e. The van der Waals surface area contributed by atoms with Crippen molar-refractivity contribution >= 4 is 24.2 Å². The summed E-state index contributed by atoms with van der Waals surface area (Å²) in [6.07, 6.45) is 0. The van der Waals surface area contributed by atoms with Gasteiger partial charge in [0.1, 0.15) is 11.5 Å². The molecule has 18 heavy (non-hydrogen) atoms. The van der Waals surface area contributed by atoms with E-state index >= 15 is 0 Å². The fourth-order valence-electron chi connectivity index (χ4n) is 1.31. The summed E-state index contributed by atoms with van der Waals surface area (Å²) in [6.45, 7) is 11.3. The van der Waals surface area contributed by atoms with Gasteiger partial charge in [0.25, 0.3) is 0 Å². The molecule has 0 N–H and O–H groups in total. The number of benzene rings is 1. The van der Waals surface area contributed by atoms with Gasteiger partial charge in [-0.2, -0.15) is 0 Å². The van der Waals surface area contributed by atoms with Crippen LogP contribution in [0.15, 0.2) is 18.2 Å². The van der Waals surface area contributed by atoms with E-state index in [9.17, 15) is 0 Å². The van der Waals surface area contributed by atoms with E-state index in [1.165, 1.54) is 0 Å². The summed E-state index contributed by atoms with van der Waals surface area (Å²) in [5, 5.41) is 0.977. The third-order valence-electron chi connectivity index (χ3n) is 3.58. The topological polar surface area (TPSA) is 18.5 Å². The van der Waals surface area contributed by atoms with Crippen LogP contribution in [-0.2, 0) is 5.33 Å². The molecule has 0 saturated carbocycles. The Morgan fingerprint density at radius 3 is 2.28 bits per heavy atom. The van der Waals surface area contributed by atoms with Gasteiger partial charge in [0.05, 0.1) is 7.11 Å². The summed E-state index contributed by atoms with van der Waals surface area (Å²) in [6, 6.07) is 5.99. The molecule has 0 bridgehead atoms. The average Bonchev–Trinajstić information content (AvgIpc) is 2.27. The monoisotopic (exact) mass is 330 g/mol. The van der Waals surface area contributed by atoms with Crippen LogP contribution in [0, 0.1) is 0 Å². The number of alkyl halides is 1. The van der Waals surface area contributed by atoms with Gasteiger partial charge < -0.3 is 9.16 Å². The molecule has 0 unspecified atom stereocenters. The van der Waals surface area contributed by atoms with E-state index in [-0.39, 0.29) is 5.04 Å². The third-order valence-corrected chi connectivity index (χ3v) is 8.53. The Hall–Kier alpha value is -0.483. The molecule has 0 aliphatic heterocycles. The SMILES string of the molecule is COc1ccc(O[Si](C)(C)C(C)(C)C)c(CBr)c1. The van der Waals surface area contributed by atoms with Gasteiger partial charge in [-0.25, -0.2) is 0 Å². The summed E-state index contributed by atoms with van der Waals surface area (Å²) in [7, 11) is -0.100. The van der Waals surface area contributed by atoms with Crippen LogP contribution >= 0.6 is 15.9 Å². The smallest absolute Gasteiger partial charge is 0.250 e. The molecular formula is C14H23BrO2Si. The largest absolute Gasteiger partial charge is 0.543 e. The molecular weight excluding hydrogens is 308 g/mol. The molecule has 0 spiro atoms. The predicted octanol–water partition coefficient (Wildman–Crippen LogP) is 4.97. The first-order valence-corrected chi connectivity index (χ1v) is 10.2. The van der Waals surface area contributed by atoms with E-state index < -0.39 is 8.32 Å². The number of halogens is 1. The molecule has 0 aliphatic carbocycles. The van der Waals surface area contributed by atoms with Crippen molar-refractivity contribution < 1.29 is 9.16 Å². The lowest BCUT2D eigenvalue weighted by Crippen LogP contribution is -2.44. The highest BCUT2D eigenvalue weighted by atomic mass is 79.9. The second kappa shape index (κ2) is 5.66. The molecule has 2 nitrogen and oxygen atoms in total. The van der Waals surface area contributed by atoms with E-state index in [1.807, 2.05) is 18.2 Å².